The highest BCUT2D eigenvalue weighted by atomic mass is 35.5. The first-order chi connectivity index (χ1) is 8.62. The van der Waals surface area contributed by atoms with E-state index in [0.29, 0.717) is 11.6 Å². The molecular formula is C15H24ClNO. The van der Waals surface area contributed by atoms with Crippen LogP contribution in [0.2, 0.25) is 5.02 Å². The first-order valence-electron chi connectivity index (χ1n) is 6.81. The molecule has 1 unspecified atom stereocenters. The molecule has 0 aliphatic heterocycles. The molecule has 1 atom stereocenters. The standard InChI is InChI=1S/C15H24ClNO/c1-4-7-18-15-12(5-2)8-11(10-14(15)16)9-13(17)6-3/h8,10,13H,4-7,9,17H2,1-3H3. The van der Waals surface area contributed by atoms with Crippen LogP contribution in [-0.4, -0.2) is 12.6 Å². The Morgan fingerprint density at radius 1 is 1.28 bits per heavy atom. The van der Waals surface area contributed by atoms with E-state index >= 15 is 0 Å². The van der Waals surface area contributed by atoms with Crippen LogP contribution in [0.1, 0.15) is 44.7 Å². The van der Waals surface area contributed by atoms with E-state index in [1.807, 2.05) is 6.07 Å². The molecule has 1 aromatic carbocycles. The third kappa shape index (κ3) is 4.18. The van der Waals surface area contributed by atoms with E-state index in [4.69, 9.17) is 22.1 Å². The van der Waals surface area contributed by atoms with Gasteiger partial charge in [0.15, 0.2) is 0 Å². The summed E-state index contributed by atoms with van der Waals surface area (Å²) in [6.07, 6.45) is 3.76. The Labute approximate surface area is 115 Å². The Morgan fingerprint density at radius 2 is 2.00 bits per heavy atom. The van der Waals surface area contributed by atoms with Crippen molar-refractivity contribution in [3.63, 3.8) is 0 Å². The maximum atomic E-state index is 6.31. The van der Waals surface area contributed by atoms with Crippen molar-refractivity contribution in [3.8, 4) is 5.75 Å². The van der Waals surface area contributed by atoms with Gasteiger partial charge in [0.2, 0.25) is 0 Å². The van der Waals surface area contributed by atoms with Crippen LogP contribution in [0, 0.1) is 0 Å². The van der Waals surface area contributed by atoms with E-state index < -0.39 is 0 Å². The second-order valence-electron chi connectivity index (χ2n) is 4.64. The van der Waals surface area contributed by atoms with Crippen LogP contribution in [0.15, 0.2) is 12.1 Å². The van der Waals surface area contributed by atoms with Gasteiger partial charge in [0.25, 0.3) is 0 Å². The fraction of sp³-hybridized carbons (Fsp3) is 0.600. The zero-order valence-corrected chi connectivity index (χ0v) is 12.4. The molecule has 0 saturated carbocycles. The van der Waals surface area contributed by atoms with Crippen molar-refractivity contribution in [1.82, 2.24) is 0 Å². The molecule has 0 aliphatic carbocycles. The molecule has 1 rings (SSSR count). The van der Waals surface area contributed by atoms with Crippen molar-refractivity contribution >= 4 is 11.6 Å². The number of hydrogen-bond acceptors (Lipinski definition) is 2. The summed E-state index contributed by atoms with van der Waals surface area (Å²) in [6.45, 7) is 7.02. The quantitative estimate of drug-likeness (QED) is 0.813. The SMILES string of the molecule is CCCOc1c(Cl)cc(CC(N)CC)cc1CC. The number of benzene rings is 1. The summed E-state index contributed by atoms with van der Waals surface area (Å²) >= 11 is 6.31. The van der Waals surface area contributed by atoms with Gasteiger partial charge in [-0.1, -0.05) is 38.4 Å². The second-order valence-corrected chi connectivity index (χ2v) is 5.05. The monoisotopic (exact) mass is 269 g/mol. The molecule has 18 heavy (non-hydrogen) atoms. The van der Waals surface area contributed by atoms with Gasteiger partial charge in [-0.3, -0.25) is 0 Å². The summed E-state index contributed by atoms with van der Waals surface area (Å²) in [4.78, 5) is 0. The molecule has 0 fully saturated rings. The molecule has 3 heteroatoms. The van der Waals surface area contributed by atoms with Crippen LogP contribution in [0.4, 0.5) is 0 Å². The molecule has 0 aromatic heterocycles. The largest absolute Gasteiger partial charge is 0.492 e. The molecule has 0 bridgehead atoms. The van der Waals surface area contributed by atoms with E-state index in [-0.39, 0.29) is 6.04 Å². The minimum Gasteiger partial charge on any atom is -0.492 e. The van der Waals surface area contributed by atoms with Gasteiger partial charge in [0, 0.05) is 6.04 Å². The molecule has 2 N–H and O–H groups in total. The predicted octanol–water partition coefficient (Wildman–Crippen LogP) is 3.97. The van der Waals surface area contributed by atoms with Crippen molar-refractivity contribution in [3.05, 3.63) is 28.3 Å². The maximum absolute atomic E-state index is 6.31. The first kappa shape index (κ1) is 15.3. The Bertz CT molecular complexity index is 379. The number of nitrogens with two attached hydrogens (primary N) is 1. The van der Waals surface area contributed by atoms with Gasteiger partial charge in [-0.15, -0.1) is 0 Å². The van der Waals surface area contributed by atoms with Crippen molar-refractivity contribution < 1.29 is 4.74 Å². The van der Waals surface area contributed by atoms with Gasteiger partial charge in [-0.2, -0.15) is 0 Å². The molecule has 0 saturated heterocycles. The molecule has 2 nitrogen and oxygen atoms in total. The first-order valence-corrected chi connectivity index (χ1v) is 7.19. The lowest BCUT2D eigenvalue weighted by molar-refractivity contribution is 0.314. The number of aryl methyl sites for hydroxylation is 1. The zero-order valence-electron chi connectivity index (χ0n) is 11.6. The summed E-state index contributed by atoms with van der Waals surface area (Å²) < 4.78 is 5.73. The van der Waals surface area contributed by atoms with Crippen molar-refractivity contribution in [1.29, 1.82) is 0 Å². The summed E-state index contributed by atoms with van der Waals surface area (Å²) in [6, 6.07) is 4.36. The van der Waals surface area contributed by atoms with E-state index in [0.717, 1.165) is 31.4 Å². The van der Waals surface area contributed by atoms with Gasteiger partial charge in [0.1, 0.15) is 5.75 Å². The van der Waals surface area contributed by atoms with Gasteiger partial charge in [-0.25, -0.2) is 0 Å². The summed E-state index contributed by atoms with van der Waals surface area (Å²) in [5, 5.41) is 0.709. The van der Waals surface area contributed by atoms with E-state index in [1.54, 1.807) is 0 Å². The normalized spacial score (nSPS) is 12.5. The molecule has 1 aromatic rings. The smallest absolute Gasteiger partial charge is 0.141 e. The Hall–Kier alpha value is -0.730. The Morgan fingerprint density at radius 3 is 2.56 bits per heavy atom. The maximum Gasteiger partial charge on any atom is 0.141 e. The average molecular weight is 270 g/mol. The van der Waals surface area contributed by atoms with Crippen LogP contribution in [0.25, 0.3) is 0 Å². The lowest BCUT2D eigenvalue weighted by atomic mass is 10.0. The topological polar surface area (TPSA) is 35.2 Å². The minimum absolute atomic E-state index is 0.202. The van der Waals surface area contributed by atoms with E-state index in [1.165, 1.54) is 11.1 Å². The lowest BCUT2D eigenvalue weighted by Gasteiger charge is -2.15. The van der Waals surface area contributed by atoms with Gasteiger partial charge in [-0.05, 0) is 42.9 Å². The van der Waals surface area contributed by atoms with E-state index in [9.17, 15) is 0 Å². The van der Waals surface area contributed by atoms with Crippen LogP contribution in [0.3, 0.4) is 0 Å². The summed E-state index contributed by atoms with van der Waals surface area (Å²) in [5.74, 6) is 0.842. The third-order valence-corrected chi connectivity index (χ3v) is 3.31. The van der Waals surface area contributed by atoms with Crippen LogP contribution in [-0.2, 0) is 12.8 Å². The number of rotatable bonds is 7. The highest BCUT2D eigenvalue weighted by Gasteiger charge is 2.11. The summed E-state index contributed by atoms with van der Waals surface area (Å²) in [7, 11) is 0. The fourth-order valence-corrected chi connectivity index (χ4v) is 2.22. The van der Waals surface area contributed by atoms with E-state index in [2.05, 4.69) is 26.8 Å². The molecule has 0 spiro atoms. The van der Waals surface area contributed by atoms with Crippen LogP contribution >= 0.6 is 11.6 Å². The highest BCUT2D eigenvalue weighted by molar-refractivity contribution is 6.32. The summed E-state index contributed by atoms with van der Waals surface area (Å²) in [5.41, 5.74) is 8.37. The Balaban J connectivity index is 2.95. The number of ether oxygens (including phenoxy) is 1. The molecular weight excluding hydrogens is 246 g/mol. The second kappa shape index (κ2) is 7.65. The van der Waals surface area contributed by atoms with Crippen LogP contribution < -0.4 is 10.5 Å². The average Bonchev–Trinajstić information content (AvgIpc) is 2.36. The molecule has 0 aliphatic rings. The van der Waals surface area contributed by atoms with Gasteiger partial charge < -0.3 is 10.5 Å². The molecule has 0 heterocycles. The zero-order chi connectivity index (χ0) is 13.5. The molecule has 102 valence electrons. The lowest BCUT2D eigenvalue weighted by Crippen LogP contribution is -2.21. The van der Waals surface area contributed by atoms with Crippen LogP contribution in [0.5, 0.6) is 5.75 Å². The van der Waals surface area contributed by atoms with Gasteiger partial charge in [0.05, 0.1) is 11.6 Å². The van der Waals surface area contributed by atoms with Crippen molar-refractivity contribution in [2.75, 3.05) is 6.61 Å². The number of halogens is 1. The van der Waals surface area contributed by atoms with Crippen molar-refractivity contribution in [2.45, 2.75) is 52.5 Å². The van der Waals surface area contributed by atoms with Crippen molar-refractivity contribution in [2.24, 2.45) is 5.73 Å². The number of hydrogen-bond donors (Lipinski definition) is 1. The van der Waals surface area contributed by atoms with Gasteiger partial charge >= 0.3 is 0 Å². The molecule has 0 radical (unpaired) electrons. The third-order valence-electron chi connectivity index (χ3n) is 3.03. The Kier molecular flexibility index (Phi) is 6.51. The predicted molar refractivity (Wildman–Crippen MR) is 78.6 cm³/mol. The minimum atomic E-state index is 0.202. The highest BCUT2D eigenvalue weighted by Crippen LogP contribution is 2.31. The molecule has 0 amide bonds. The fourth-order valence-electron chi connectivity index (χ4n) is 1.91.